The number of aromatic nitrogens is 1. The molecular weight excluding hydrogens is 496 g/mol. The molecule has 41 heavy (non-hydrogen) atoms. The van der Waals surface area contributed by atoms with Crippen LogP contribution in [0.2, 0.25) is 0 Å². The van der Waals surface area contributed by atoms with Gasteiger partial charge in [-0.3, -0.25) is 4.98 Å². The van der Waals surface area contributed by atoms with E-state index >= 15 is 0 Å². The second-order valence-corrected chi connectivity index (χ2v) is 10.3. The van der Waals surface area contributed by atoms with Crippen LogP contribution < -0.4 is 15.8 Å². The van der Waals surface area contributed by atoms with Crippen molar-refractivity contribution < 1.29 is 0 Å². The molecule has 0 unspecified atom stereocenters. The largest absolute Gasteiger partial charge is 0.384 e. The van der Waals surface area contributed by atoms with Gasteiger partial charge in [-0.2, -0.15) is 0 Å². The predicted molar refractivity (Wildman–Crippen MR) is 182 cm³/mol. The van der Waals surface area contributed by atoms with Crippen molar-refractivity contribution in [3.8, 4) is 0 Å². The number of aryl methyl sites for hydroxylation is 1. The van der Waals surface area contributed by atoms with Crippen molar-refractivity contribution in [2.45, 2.75) is 58.8 Å². The number of nitrogens with one attached hydrogen (secondary N) is 1. The number of fused-ring (bicyclic) bond motifs is 1. The van der Waals surface area contributed by atoms with E-state index in [0.717, 1.165) is 65.7 Å². The lowest BCUT2D eigenvalue weighted by Gasteiger charge is -2.10. The van der Waals surface area contributed by atoms with Crippen molar-refractivity contribution in [1.82, 2.24) is 4.98 Å². The maximum Gasteiger partial charge on any atom is 0.0794 e. The summed E-state index contributed by atoms with van der Waals surface area (Å²) in [6.45, 7) is 17.6. The number of anilines is 1. The summed E-state index contributed by atoms with van der Waals surface area (Å²) < 4.78 is 0. The molecular formula is C39H46N2. The van der Waals surface area contributed by atoms with Gasteiger partial charge in [-0.25, -0.2) is 0 Å². The third kappa shape index (κ3) is 10.4. The van der Waals surface area contributed by atoms with E-state index < -0.39 is 0 Å². The third-order valence-corrected chi connectivity index (χ3v) is 7.23. The van der Waals surface area contributed by atoms with Gasteiger partial charge < -0.3 is 5.32 Å². The van der Waals surface area contributed by atoms with Gasteiger partial charge in [0.2, 0.25) is 0 Å². The summed E-state index contributed by atoms with van der Waals surface area (Å²) in [6.07, 6.45) is 26.9. The number of nitrogens with zero attached hydrogens (tertiary/aromatic N) is 1. The van der Waals surface area contributed by atoms with E-state index in [0.29, 0.717) is 0 Å². The Morgan fingerprint density at radius 3 is 2.56 bits per heavy atom. The molecule has 0 atom stereocenters. The SMILES string of the molecule is C=C/C(=C\C=C(/CC)CCC1=CC=CCC=C1)CCNc1cc(=C)c2cccnc2c1=C.CCCc1ccccc1. The lowest BCUT2D eigenvalue weighted by atomic mass is 10.0. The smallest absolute Gasteiger partial charge is 0.0794 e. The fourth-order valence-corrected chi connectivity index (χ4v) is 4.76. The fourth-order valence-electron chi connectivity index (χ4n) is 4.76. The molecule has 0 bridgehead atoms. The van der Waals surface area contributed by atoms with Crippen molar-refractivity contribution in [1.29, 1.82) is 0 Å². The summed E-state index contributed by atoms with van der Waals surface area (Å²) >= 11 is 0. The van der Waals surface area contributed by atoms with Crippen LogP contribution in [0.1, 0.15) is 57.9 Å². The van der Waals surface area contributed by atoms with Gasteiger partial charge in [0.15, 0.2) is 0 Å². The Kier molecular flexibility index (Phi) is 13.4. The first-order valence-corrected chi connectivity index (χ1v) is 14.9. The van der Waals surface area contributed by atoms with Gasteiger partial charge in [-0.1, -0.05) is 131 Å². The summed E-state index contributed by atoms with van der Waals surface area (Å²) in [5, 5.41) is 6.45. The average Bonchev–Trinajstić information content (AvgIpc) is 3.29. The van der Waals surface area contributed by atoms with Crippen LogP contribution >= 0.6 is 0 Å². The monoisotopic (exact) mass is 542 g/mol. The standard InChI is InChI=1S/C30H34N2.C9H12/c1-5-25(17-18-27-12-9-7-8-10-13-27)15-16-26(6-2)19-21-31-29-22-23(3)28-14-11-20-32-30(28)24(29)4;1-2-6-9-7-4-3-5-8-9/h6-7,9-16,20,22,31H,2-5,8,17-19,21H2,1H3;3-5,7-8H,2,6H2,1H3/b25-15+,26-16+;. The number of rotatable bonds is 12. The Morgan fingerprint density at radius 2 is 1.80 bits per heavy atom. The molecule has 3 aromatic rings. The minimum absolute atomic E-state index is 0.803. The van der Waals surface area contributed by atoms with Gasteiger partial charge in [-0.15, -0.1) is 0 Å². The highest BCUT2D eigenvalue weighted by Crippen LogP contribution is 2.18. The summed E-state index contributed by atoms with van der Waals surface area (Å²) in [7, 11) is 0. The van der Waals surface area contributed by atoms with E-state index in [-0.39, 0.29) is 0 Å². The molecule has 0 saturated carbocycles. The van der Waals surface area contributed by atoms with E-state index in [1.165, 1.54) is 35.1 Å². The first-order valence-electron chi connectivity index (χ1n) is 14.9. The van der Waals surface area contributed by atoms with E-state index in [2.05, 4.69) is 123 Å². The lowest BCUT2D eigenvalue weighted by molar-refractivity contribution is 0.887. The Hall–Kier alpha value is -4.17. The minimum Gasteiger partial charge on any atom is -0.384 e. The molecule has 2 aromatic carbocycles. The Labute approximate surface area is 247 Å². The second kappa shape index (κ2) is 17.5. The molecule has 4 rings (SSSR count). The van der Waals surface area contributed by atoms with Gasteiger partial charge in [0.05, 0.1) is 5.52 Å². The first kappa shape index (κ1) is 31.4. The highest BCUT2D eigenvalue weighted by molar-refractivity contribution is 5.83. The molecule has 1 aliphatic carbocycles. The van der Waals surface area contributed by atoms with Crippen molar-refractivity contribution >= 4 is 29.7 Å². The van der Waals surface area contributed by atoms with Crippen molar-refractivity contribution in [2.24, 2.45) is 0 Å². The molecule has 1 aromatic heterocycles. The van der Waals surface area contributed by atoms with Gasteiger partial charge in [0, 0.05) is 29.0 Å². The zero-order valence-corrected chi connectivity index (χ0v) is 25.0. The molecule has 1 N–H and O–H groups in total. The van der Waals surface area contributed by atoms with E-state index in [1.807, 2.05) is 18.2 Å². The van der Waals surface area contributed by atoms with Crippen LogP contribution in [-0.4, -0.2) is 11.5 Å². The Balaban J connectivity index is 0.000000436. The number of allylic oxidation sites excluding steroid dienone is 10. The molecule has 0 spiro atoms. The second-order valence-electron chi connectivity index (χ2n) is 10.3. The average molecular weight is 543 g/mol. The van der Waals surface area contributed by atoms with Crippen LogP contribution in [0.25, 0.3) is 24.1 Å². The first-order chi connectivity index (χ1) is 20.0. The molecule has 2 nitrogen and oxygen atoms in total. The quantitative estimate of drug-likeness (QED) is 0.231. The van der Waals surface area contributed by atoms with E-state index in [9.17, 15) is 0 Å². The van der Waals surface area contributed by atoms with E-state index in [1.54, 1.807) is 6.20 Å². The molecule has 2 heteroatoms. The number of hydrogen-bond donors (Lipinski definition) is 1. The summed E-state index contributed by atoms with van der Waals surface area (Å²) in [4.78, 5) is 4.49. The molecule has 0 aliphatic heterocycles. The van der Waals surface area contributed by atoms with Crippen molar-refractivity contribution in [3.63, 3.8) is 0 Å². The molecule has 0 fully saturated rings. The van der Waals surface area contributed by atoms with Crippen LogP contribution in [-0.2, 0) is 6.42 Å². The molecule has 0 amide bonds. The maximum absolute atomic E-state index is 4.49. The zero-order chi connectivity index (χ0) is 29.3. The molecule has 212 valence electrons. The highest BCUT2D eigenvalue weighted by Gasteiger charge is 2.03. The Morgan fingerprint density at radius 1 is 0.976 bits per heavy atom. The minimum atomic E-state index is 0.803. The number of pyridine rings is 1. The molecule has 1 heterocycles. The van der Waals surface area contributed by atoms with Crippen LogP contribution in [0.15, 0.2) is 127 Å². The molecule has 1 aliphatic rings. The Bertz CT molecular complexity index is 1520. The lowest BCUT2D eigenvalue weighted by Crippen LogP contribution is -2.18. The normalized spacial score (nSPS) is 13.3. The van der Waals surface area contributed by atoms with Crippen molar-refractivity contribution in [2.75, 3.05) is 11.9 Å². The fraction of sp³-hybridized carbons (Fsp3) is 0.256. The topological polar surface area (TPSA) is 24.9 Å². The number of benzene rings is 2. The van der Waals surface area contributed by atoms with Crippen molar-refractivity contribution in [3.05, 3.63) is 143 Å². The van der Waals surface area contributed by atoms with Crippen LogP contribution in [0.3, 0.4) is 0 Å². The van der Waals surface area contributed by atoms with E-state index in [4.69, 9.17) is 0 Å². The van der Waals surface area contributed by atoms with Crippen LogP contribution in [0.4, 0.5) is 5.69 Å². The van der Waals surface area contributed by atoms with Gasteiger partial charge in [0.25, 0.3) is 0 Å². The van der Waals surface area contributed by atoms with Gasteiger partial charge in [0.1, 0.15) is 0 Å². The predicted octanol–water partition coefficient (Wildman–Crippen LogP) is 9.17. The summed E-state index contributed by atoms with van der Waals surface area (Å²) in [6, 6.07) is 16.6. The van der Waals surface area contributed by atoms with Crippen LogP contribution in [0, 0.1) is 0 Å². The summed E-state index contributed by atoms with van der Waals surface area (Å²) in [5.74, 6) is 0. The maximum atomic E-state index is 4.49. The summed E-state index contributed by atoms with van der Waals surface area (Å²) in [5.41, 5.74) is 7.43. The number of hydrogen-bond acceptors (Lipinski definition) is 2. The highest BCUT2D eigenvalue weighted by atomic mass is 14.9. The third-order valence-electron chi connectivity index (χ3n) is 7.23. The van der Waals surface area contributed by atoms with Gasteiger partial charge >= 0.3 is 0 Å². The van der Waals surface area contributed by atoms with Gasteiger partial charge in [-0.05, 0) is 72.6 Å². The molecule has 0 saturated heterocycles. The molecule has 0 radical (unpaired) electrons. The zero-order valence-electron chi connectivity index (χ0n) is 25.0. The van der Waals surface area contributed by atoms with Crippen LogP contribution in [0.5, 0.6) is 0 Å².